The maximum absolute atomic E-state index is 5.73. The van der Waals surface area contributed by atoms with Gasteiger partial charge in [-0.3, -0.25) is 0 Å². The summed E-state index contributed by atoms with van der Waals surface area (Å²) in [6.07, 6.45) is 2.13. The van der Waals surface area contributed by atoms with Gasteiger partial charge in [0.15, 0.2) is 0 Å². The zero-order valence-corrected chi connectivity index (χ0v) is 8.76. The maximum Gasteiger partial charge on any atom is 0.111 e. The van der Waals surface area contributed by atoms with Gasteiger partial charge in [0.2, 0.25) is 0 Å². The van der Waals surface area contributed by atoms with Crippen LogP contribution in [0.1, 0.15) is 50.2 Å². The first-order valence-corrected chi connectivity index (χ1v) is 5.00. The molecule has 1 aromatic heterocycles. The normalized spacial score (nSPS) is 11.2. The van der Waals surface area contributed by atoms with Crippen LogP contribution in [0.15, 0.2) is 10.5 Å². The Morgan fingerprint density at radius 2 is 2.15 bits per heavy atom. The molecule has 2 heteroatoms. The third-order valence-electron chi connectivity index (χ3n) is 2.13. The van der Waals surface area contributed by atoms with Gasteiger partial charge in [0.25, 0.3) is 0 Å². The highest BCUT2D eigenvalue weighted by Gasteiger charge is 2.12. The van der Waals surface area contributed by atoms with Gasteiger partial charge in [0, 0.05) is 24.4 Å². The molecule has 1 aromatic rings. The summed E-state index contributed by atoms with van der Waals surface area (Å²) in [6, 6.07) is 2.10. The summed E-state index contributed by atoms with van der Waals surface area (Å²) in [6.45, 7) is 7.00. The van der Waals surface area contributed by atoms with E-state index in [2.05, 4.69) is 26.8 Å². The van der Waals surface area contributed by atoms with E-state index in [-0.39, 0.29) is 0 Å². The van der Waals surface area contributed by atoms with E-state index in [0.29, 0.717) is 12.5 Å². The van der Waals surface area contributed by atoms with Crippen LogP contribution >= 0.6 is 0 Å². The van der Waals surface area contributed by atoms with Crippen molar-refractivity contribution in [3.63, 3.8) is 0 Å². The number of rotatable bonds is 4. The Morgan fingerprint density at radius 1 is 1.46 bits per heavy atom. The highest BCUT2D eigenvalue weighted by molar-refractivity contribution is 5.24. The smallest absolute Gasteiger partial charge is 0.111 e. The molecule has 1 heterocycles. The minimum atomic E-state index is 0.434. The average molecular weight is 181 g/mol. The molecule has 0 aliphatic rings. The molecule has 0 amide bonds. The van der Waals surface area contributed by atoms with Crippen LogP contribution in [0.25, 0.3) is 0 Å². The van der Waals surface area contributed by atoms with Crippen molar-refractivity contribution >= 4 is 0 Å². The van der Waals surface area contributed by atoms with Gasteiger partial charge < -0.3 is 10.2 Å². The lowest BCUT2D eigenvalue weighted by molar-refractivity contribution is 0.442. The topological polar surface area (TPSA) is 39.2 Å². The van der Waals surface area contributed by atoms with Crippen LogP contribution < -0.4 is 5.73 Å². The van der Waals surface area contributed by atoms with E-state index >= 15 is 0 Å². The lowest BCUT2D eigenvalue weighted by atomic mass is 10.1. The molecule has 74 valence electrons. The summed E-state index contributed by atoms with van der Waals surface area (Å²) in [7, 11) is 0. The zero-order valence-electron chi connectivity index (χ0n) is 8.76. The minimum absolute atomic E-state index is 0.434. The maximum atomic E-state index is 5.73. The molecule has 0 aromatic carbocycles. The fourth-order valence-corrected chi connectivity index (χ4v) is 1.52. The van der Waals surface area contributed by atoms with Gasteiger partial charge in [-0.25, -0.2) is 0 Å². The average Bonchev–Trinajstić information content (AvgIpc) is 2.48. The van der Waals surface area contributed by atoms with Crippen molar-refractivity contribution in [2.45, 2.75) is 46.1 Å². The van der Waals surface area contributed by atoms with Gasteiger partial charge >= 0.3 is 0 Å². The largest absolute Gasteiger partial charge is 0.465 e. The van der Waals surface area contributed by atoms with Crippen molar-refractivity contribution in [3.8, 4) is 0 Å². The van der Waals surface area contributed by atoms with Crippen molar-refractivity contribution < 1.29 is 4.42 Å². The highest BCUT2D eigenvalue weighted by atomic mass is 16.3. The highest BCUT2D eigenvalue weighted by Crippen LogP contribution is 2.23. The fourth-order valence-electron chi connectivity index (χ4n) is 1.52. The quantitative estimate of drug-likeness (QED) is 0.775. The number of aryl methyl sites for hydroxylation is 1. The molecule has 0 aliphatic heterocycles. The Bertz CT molecular complexity index is 263. The number of nitrogens with two attached hydrogens (primary N) is 1. The van der Waals surface area contributed by atoms with Gasteiger partial charge in [-0.1, -0.05) is 20.8 Å². The van der Waals surface area contributed by atoms with Crippen molar-refractivity contribution in [1.82, 2.24) is 0 Å². The molecule has 0 unspecified atom stereocenters. The Morgan fingerprint density at radius 3 is 2.54 bits per heavy atom. The first kappa shape index (κ1) is 10.3. The van der Waals surface area contributed by atoms with Gasteiger partial charge in [-0.15, -0.1) is 0 Å². The van der Waals surface area contributed by atoms with Crippen LogP contribution in [-0.4, -0.2) is 0 Å². The van der Waals surface area contributed by atoms with Crippen LogP contribution in [0.2, 0.25) is 0 Å². The summed E-state index contributed by atoms with van der Waals surface area (Å²) >= 11 is 0. The summed E-state index contributed by atoms with van der Waals surface area (Å²) in [5, 5.41) is 0. The molecule has 1 rings (SSSR count). The van der Waals surface area contributed by atoms with Crippen LogP contribution in [-0.2, 0) is 13.0 Å². The van der Waals surface area contributed by atoms with Crippen LogP contribution in [0.4, 0.5) is 0 Å². The molecule has 0 radical (unpaired) electrons. The standard InChI is InChI=1S/C11H19NO/c1-4-5-10-6-9(7-12)11(13-10)8(2)3/h6,8H,4-5,7,12H2,1-3H3. The first-order chi connectivity index (χ1) is 6.19. The molecule has 0 aliphatic carbocycles. The summed E-state index contributed by atoms with van der Waals surface area (Å²) in [5.74, 6) is 2.57. The van der Waals surface area contributed by atoms with Crippen LogP contribution in [0.5, 0.6) is 0 Å². The SMILES string of the molecule is CCCc1cc(CN)c(C(C)C)o1. The predicted octanol–water partition coefficient (Wildman–Crippen LogP) is 2.81. The molecule has 2 nitrogen and oxygen atoms in total. The van der Waals surface area contributed by atoms with Crippen molar-refractivity contribution in [2.24, 2.45) is 5.73 Å². The molecule has 0 saturated carbocycles. The molecule has 13 heavy (non-hydrogen) atoms. The molecule has 0 saturated heterocycles. The number of furan rings is 1. The zero-order chi connectivity index (χ0) is 9.84. The van der Waals surface area contributed by atoms with Crippen LogP contribution in [0, 0.1) is 0 Å². The summed E-state index contributed by atoms with van der Waals surface area (Å²) in [5.41, 5.74) is 6.80. The van der Waals surface area contributed by atoms with Gasteiger partial charge in [-0.2, -0.15) is 0 Å². The Kier molecular flexibility index (Phi) is 3.55. The molecule has 0 spiro atoms. The van der Waals surface area contributed by atoms with E-state index in [1.807, 2.05) is 0 Å². The van der Waals surface area contributed by atoms with E-state index < -0.39 is 0 Å². The summed E-state index contributed by atoms with van der Waals surface area (Å²) in [4.78, 5) is 0. The first-order valence-electron chi connectivity index (χ1n) is 5.00. The second-order valence-corrected chi connectivity index (χ2v) is 3.71. The lowest BCUT2D eigenvalue weighted by Gasteiger charge is -2.02. The van der Waals surface area contributed by atoms with Crippen molar-refractivity contribution in [3.05, 3.63) is 23.2 Å². The lowest BCUT2D eigenvalue weighted by Crippen LogP contribution is -1.99. The van der Waals surface area contributed by atoms with Gasteiger partial charge in [-0.05, 0) is 12.5 Å². The van der Waals surface area contributed by atoms with Gasteiger partial charge in [0.1, 0.15) is 11.5 Å². The van der Waals surface area contributed by atoms with E-state index in [4.69, 9.17) is 10.2 Å². The molecule has 0 fully saturated rings. The van der Waals surface area contributed by atoms with Gasteiger partial charge in [0.05, 0.1) is 0 Å². The third kappa shape index (κ3) is 2.34. The van der Waals surface area contributed by atoms with E-state index in [1.165, 1.54) is 5.56 Å². The van der Waals surface area contributed by atoms with E-state index in [9.17, 15) is 0 Å². The third-order valence-corrected chi connectivity index (χ3v) is 2.13. The molecule has 0 bridgehead atoms. The Balaban J connectivity index is 2.90. The molecular formula is C11H19NO. The Labute approximate surface area is 80.1 Å². The Hall–Kier alpha value is -0.760. The van der Waals surface area contributed by atoms with Crippen molar-refractivity contribution in [1.29, 1.82) is 0 Å². The molecule has 0 atom stereocenters. The van der Waals surface area contributed by atoms with Crippen LogP contribution in [0.3, 0.4) is 0 Å². The molecule has 2 N–H and O–H groups in total. The fraction of sp³-hybridized carbons (Fsp3) is 0.636. The number of hydrogen-bond acceptors (Lipinski definition) is 2. The monoisotopic (exact) mass is 181 g/mol. The molecular weight excluding hydrogens is 162 g/mol. The summed E-state index contributed by atoms with van der Waals surface area (Å²) < 4.78 is 5.73. The second-order valence-electron chi connectivity index (χ2n) is 3.71. The second kappa shape index (κ2) is 4.47. The predicted molar refractivity (Wildman–Crippen MR) is 54.7 cm³/mol. The van der Waals surface area contributed by atoms with Crippen molar-refractivity contribution in [2.75, 3.05) is 0 Å². The minimum Gasteiger partial charge on any atom is -0.465 e. The van der Waals surface area contributed by atoms with E-state index in [1.54, 1.807) is 0 Å². The van der Waals surface area contributed by atoms with E-state index in [0.717, 1.165) is 24.4 Å². The number of hydrogen-bond donors (Lipinski definition) is 1.